The molecule has 8 aromatic carbocycles. The number of hydrogen-bond acceptors (Lipinski definition) is 6. The van der Waals surface area contributed by atoms with E-state index in [0.29, 0.717) is 77.9 Å². The van der Waals surface area contributed by atoms with Gasteiger partial charge in [-0.2, -0.15) is 44.7 Å². The largest absolute Gasteiger partial charge is 0.416 e. The average molecular weight is 855 g/mol. The van der Waals surface area contributed by atoms with Crippen molar-refractivity contribution in [1.29, 1.82) is 31.6 Å². The zero-order valence-electron chi connectivity index (χ0n) is 34.1. The Balaban J connectivity index is 1.33. The predicted octanol–water partition coefficient (Wildman–Crippen LogP) is 13.1. The van der Waals surface area contributed by atoms with E-state index in [-0.39, 0.29) is 22.3 Å². The van der Waals surface area contributed by atoms with Crippen molar-refractivity contribution in [1.82, 2.24) is 9.13 Å². The number of nitriles is 6. The Kier molecular flexibility index (Phi) is 9.41. The van der Waals surface area contributed by atoms with Gasteiger partial charge in [0.25, 0.3) is 0 Å². The van der Waals surface area contributed by atoms with Gasteiger partial charge in [0.05, 0.1) is 103 Å². The van der Waals surface area contributed by atoms with E-state index in [9.17, 15) is 44.7 Å². The van der Waals surface area contributed by atoms with Crippen LogP contribution < -0.4 is 0 Å². The highest BCUT2D eigenvalue weighted by Crippen LogP contribution is 2.44. The highest BCUT2D eigenvalue weighted by molar-refractivity contribution is 6.12. The van der Waals surface area contributed by atoms with Gasteiger partial charge >= 0.3 is 6.18 Å². The standard InChI is InChI=1S/C55H25F3N8/c56-55(57,58)43-20-36(30-63)19-41(21-43)48-25-51(65-49-7-3-1-5-44(49)46-11-9-37(22-52(46)65)39-15-32(26-59)13-33(16-39)27-60)42(31-64)24-54(48)66-50-8-4-2-6-45(50)47-12-10-38(23-53(47)66)40-17-34(28-61)14-35(18-40)29-62/h1-25H. The second kappa shape index (κ2) is 15.5. The van der Waals surface area contributed by atoms with Gasteiger partial charge in [-0.3, -0.25) is 0 Å². The molecular weight excluding hydrogens is 830 g/mol. The van der Waals surface area contributed by atoms with Crippen molar-refractivity contribution in [3.63, 3.8) is 0 Å². The van der Waals surface area contributed by atoms with E-state index in [1.807, 2.05) is 100 Å². The second-order valence-electron chi connectivity index (χ2n) is 15.6. The highest BCUT2D eigenvalue weighted by atomic mass is 19.4. The molecule has 66 heavy (non-hydrogen) atoms. The van der Waals surface area contributed by atoms with Crippen LogP contribution in [0.3, 0.4) is 0 Å². The third kappa shape index (κ3) is 6.59. The summed E-state index contributed by atoms with van der Waals surface area (Å²) < 4.78 is 47.9. The number of para-hydroxylation sites is 2. The van der Waals surface area contributed by atoms with E-state index in [0.717, 1.165) is 33.7 Å². The first-order chi connectivity index (χ1) is 32.0. The number of hydrogen-bond donors (Lipinski definition) is 0. The summed E-state index contributed by atoms with van der Waals surface area (Å²) >= 11 is 0. The van der Waals surface area contributed by atoms with Crippen molar-refractivity contribution in [3.05, 3.63) is 191 Å². The Morgan fingerprint density at radius 3 is 1.23 bits per heavy atom. The summed E-state index contributed by atoms with van der Waals surface area (Å²) in [6.07, 6.45) is -4.81. The number of nitrogens with zero attached hydrogens (tertiary/aromatic N) is 8. The van der Waals surface area contributed by atoms with Gasteiger partial charge in [-0.25, -0.2) is 0 Å². The van der Waals surface area contributed by atoms with Crippen LogP contribution in [0.2, 0.25) is 0 Å². The molecule has 2 heterocycles. The predicted molar refractivity (Wildman–Crippen MR) is 245 cm³/mol. The molecule has 0 amide bonds. The second-order valence-corrected chi connectivity index (χ2v) is 15.6. The number of aromatic nitrogens is 2. The maximum Gasteiger partial charge on any atom is 0.416 e. The summed E-state index contributed by atoms with van der Waals surface area (Å²) in [6.45, 7) is 0. The Bertz CT molecular complexity index is 3950. The first-order valence-corrected chi connectivity index (χ1v) is 20.2. The van der Waals surface area contributed by atoms with Crippen LogP contribution in [0, 0.1) is 68.0 Å². The number of halogens is 3. The molecule has 0 atom stereocenters. The van der Waals surface area contributed by atoms with E-state index < -0.39 is 11.7 Å². The van der Waals surface area contributed by atoms with Gasteiger partial charge in [-0.05, 0) is 119 Å². The molecule has 306 valence electrons. The van der Waals surface area contributed by atoms with Gasteiger partial charge < -0.3 is 9.13 Å². The van der Waals surface area contributed by atoms with E-state index in [1.54, 1.807) is 36.4 Å². The van der Waals surface area contributed by atoms with Crippen LogP contribution in [0.25, 0.3) is 88.4 Å². The van der Waals surface area contributed by atoms with E-state index in [4.69, 9.17) is 0 Å². The van der Waals surface area contributed by atoms with Crippen molar-refractivity contribution < 1.29 is 13.2 Å². The minimum atomic E-state index is -4.81. The molecule has 0 N–H and O–H groups in total. The third-order valence-electron chi connectivity index (χ3n) is 11.8. The van der Waals surface area contributed by atoms with Crippen LogP contribution in [-0.4, -0.2) is 9.13 Å². The van der Waals surface area contributed by atoms with Gasteiger partial charge in [-0.1, -0.05) is 60.7 Å². The first-order valence-electron chi connectivity index (χ1n) is 20.2. The number of fused-ring (bicyclic) bond motifs is 6. The summed E-state index contributed by atoms with van der Waals surface area (Å²) in [5, 5.41) is 63.7. The lowest BCUT2D eigenvalue weighted by Gasteiger charge is -2.20. The molecule has 10 aromatic rings. The molecule has 2 aromatic heterocycles. The van der Waals surface area contributed by atoms with Crippen LogP contribution in [0.4, 0.5) is 13.2 Å². The topological polar surface area (TPSA) is 153 Å². The third-order valence-corrected chi connectivity index (χ3v) is 11.8. The number of rotatable bonds is 5. The van der Waals surface area contributed by atoms with E-state index in [2.05, 4.69) is 30.3 Å². The summed E-state index contributed by atoms with van der Waals surface area (Å²) in [7, 11) is 0. The smallest absolute Gasteiger partial charge is 0.309 e. The highest BCUT2D eigenvalue weighted by Gasteiger charge is 2.32. The molecule has 0 saturated heterocycles. The fourth-order valence-corrected chi connectivity index (χ4v) is 8.94. The van der Waals surface area contributed by atoms with Crippen LogP contribution >= 0.6 is 0 Å². The van der Waals surface area contributed by atoms with E-state index in [1.165, 1.54) is 18.2 Å². The quantitative estimate of drug-likeness (QED) is 0.168. The Hall–Kier alpha value is -9.91. The van der Waals surface area contributed by atoms with E-state index >= 15 is 0 Å². The molecular formula is C55H25F3N8. The van der Waals surface area contributed by atoms with Gasteiger partial charge in [0.15, 0.2) is 0 Å². The molecule has 0 radical (unpaired) electrons. The average Bonchev–Trinajstić information content (AvgIpc) is 3.87. The zero-order valence-corrected chi connectivity index (χ0v) is 34.1. The van der Waals surface area contributed by atoms with Gasteiger partial charge in [0.1, 0.15) is 6.07 Å². The maximum absolute atomic E-state index is 14.7. The van der Waals surface area contributed by atoms with Gasteiger partial charge in [0.2, 0.25) is 0 Å². The number of alkyl halides is 3. The Labute approximate surface area is 374 Å². The van der Waals surface area contributed by atoms with Crippen LogP contribution in [0.1, 0.15) is 38.9 Å². The SMILES string of the molecule is N#Cc1cc(C#N)cc(-c2ccc3c4ccccc4n(-c4cc(-c5cc(C#N)cc(C(F)(F)F)c5)c(-n5c6ccccc6c6ccc(-c7cc(C#N)cc(C#N)c7)cc65)cc4C#N)c3c2)c1. The normalized spacial score (nSPS) is 11.2. The monoisotopic (exact) mass is 854 g/mol. The van der Waals surface area contributed by atoms with Crippen molar-refractivity contribution in [2.24, 2.45) is 0 Å². The van der Waals surface area contributed by atoms with Crippen molar-refractivity contribution in [3.8, 4) is 81.2 Å². The van der Waals surface area contributed by atoms with Crippen LogP contribution in [-0.2, 0) is 6.18 Å². The molecule has 0 spiro atoms. The minimum absolute atomic E-state index is 0.0726. The molecule has 10 rings (SSSR count). The molecule has 0 fully saturated rings. The van der Waals surface area contributed by atoms with Crippen molar-refractivity contribution in [2.45, 2.75) is 6.18 Å². The fraction of sp³-hybridized carbons (Fsp3) is 0.0182. The summed E-state index contributed by atoms with van der Waals surface area (Å²) in [4.78, 5) is 0. The summed E-state index contributed by atoms with van der Waals surface area (Å²) in [5.74, 6) is 0. The molecule has 11 heteroatoms. The maximum atomic E-state index is 14.7. The Morgan fingerprint density at radius 2 is 0.773 bits per heavy atom. The molecule has 0 aliphatic heterocycles. The molecule has 8 nitrogen and oxygen atoms in total. The van der Waals surface area contributed by atoms with Crippen molar-refractivity contribution >= 4 is 43.6 Å². The lowest BCUT2D eigenvalue weighted by Crippen LogP contribution is -2.07. The lowest BCUT2D eigenvalue weighted by atomic mass is 9.95. The van der Waals surface area contributed by atoms with Crippen LogP contribution in [0.15, 0.2) is 152 Å². The molecule has 0 bridgehead atoms. The summed E-state index contributed by atoms with van der Waals surface area (Å²) in [6, 6.07) is 55.5. The Morgan fingerprint density at radius 1 is 0.348 bits per heavy atom. The van der Waals surface area contributed by atoms with Gasteiger partial charge in [0, 0.05) is 27.1 Å². The molecule has 0 saturated carbocycles. The molecule has 0 unspecified atom stereocenters. The first kappa shape index (κ1) is 40.2. The zero-order chi connectivity index (χ0) is 45.9. The minimum Gasteiger partial charge on any atom is -0.309 e. The molecule has 0 aliphatic rings. The lowest BCUT2D eigenvalue weighted by molar-refractivity contribution is -0.137. The molecule has 0 aliphatic carbocycles. The fourth-order valence-electron chi connectivity index (χ4n) is 8.94. The van der Waals surface area contributed by atoms with Crippen LogP contribution in [0.5, 0.6) is 0 Å². The summed E-state index contributed by atoms with van der Waals surface area (Å²) in [5.41, 5.74) is 6.35. The van der Waals surface area contributed by atoms with Gasteiger partial charge in [-0.15, -0.1) is 0 Å². The van der Waals surface area contributed by atoms with Crippen molar-refractivity contribution in [2.75, 3.05) is 0 Å². The number of benzene rings is 8.